The summed E-state index contributed by atoms with van der Waals surface area (Å²) in [4.78, 5) is 32.6. The summed E-state index contributed by atoms with van der Waals surface area (Å²) in [5.41, 5.74) is 2.87. The lowest BCUT2D eigenvalue weighted by Gasteiger charge is -2.16. The maximum atomic E-state index is 13.2. The lowest BCUT2D eigenvalue weighted by Crippen LogP contribution is -2.29. The van der Waals surface area contributed by atoms with Crippen LogP contribution in [-0.4, -0.2) is 27.7 Å². The summed E-state index contributed by atoms with van der Waals surface area (Å²) >= 11 is 0. The molecule has 0 amide bonds. The second-order valence-corrected chi connectivity index (χ2v) is 9.88. The van der Waals surface area contributed by atoms with E-state index in [0.717, 1.165) is 5.56 Å². The van der Waals surface area contributed by atoms with Gasteiger partial charge in [0.25, 0.3) is 10.1 Å². The molecule has 7 nitrogen and oxygen atoms in total. The molecule has 5 rings (SSSR count). The predicted molar refractivity (Wildman–Crippen MR) is 123 cm³/mol. The van der Waals surface area contributed by atoms with Crippen LogP contribution in [0.5, 0.6) is 0 Å². The van der Waals surface area contributed by atoms with Crippen LogP contribution in [0.25, 0.3) is 44.9 Å². The van der Waals surface area contributed by atoms with Crippen LogP contribution in [0.4, 0.5) is 0 Å². The number of nitrogens with one attached hydrogen (secondary N) is 2. The highest BCUT2D eigenvalue weighted by molar-refractivity contribution is 7.87. The molecule has 31 heavy (non-hydrogen) atoms. The van der Waals surface area contributed by atoms with Crippen molar-refractivity contribution >= 4 is 55.0 Å². The van der Waals surface area contributed by atoms with Gasteiger partial charge in [-0.3, -0.25) is 14.1 Å². The number of H-pyrrole nitrogens is 2. The molecular weight excluding hydrogens is 416 g/mol. The van der Waals surface area contributed by atoms with E-state index in [0.29, 0.717) is 38.4 Å². The average molecular weight is 434 g/mol. The molecule has 0 aliphatic heterocycles. The fraction of sp³-hybridized carbons (Fsp3) is 0.130. The Kier molecular flexibility index (Phi) is 3.93. The second kappa shape index (κ2) is 6.26. The zero-order valence-corrected chi connectivity index (χ0v) is 17.5. The van der Waals surface area contributed by atoms with E-state index in [1.165, 1.54) is 31.2 Å². The van der Waals surface area contributed by atoms with Gasteiger partial charge >= 0.3 is 0 Å². The van der Waals surface area contributed by atoms with Crippen LogP contribution in [0.15, 0.2) is 52.1 Å². The van der Waals surface area contributed by atoms with Gasteiger partial charge in [0, 0.05) is 32.9 Å². The molecule has 2 heterocycles. The smallest absolute Gasteiger partial charge is 0.277 e. The fourth-order valence-electron chi connectivity index (χ4n) is 3.93. The summed E-state index contributed by atoms with van der Waals surface area (Å²) in [6, 6.07) is 8.83. The molecule has 1 unspecified atom stereocenters. The SMILES string of the molecule is Cc1ccc2[nH]c3cc4c(=O)c5c([nH]c4cc3c(=O)c2c1)C=CC(C)(S(=O)(=O)O)C=C5. The van der Waals surface area contributed by atoms with Gasteiger partial charge in [-0.25, -0.2) is 0 Å². The Morgan fingerprint density at radius 1 is 0.839 bits per heavy atom. The molecule has 3 N–H and O–H groups in total. The molecule has 2 aromatic heterocycles. The van der Waals surface area contributed by atoms with Crippen molar-refractivity contribution in [3.63, 3.8) is 0 Å². The molecule has 2 aromatic carbocycles. The van der Waals surface area contributed by atoms with Crippen molar-refractivity contribution in [2.75, 3.05) is 0 Å². The van der Waals surface area contributed by atoms with E-state index in [-0.39, 0.29) is 16.4 Å². The number of hydrogen-bond acceptors (Lipinski definition) is 4. The van der Waals surface area contributed by atoms with Crippen LogP contribution in [0.1, 0.15) is 23.7 Å². The summed E-state index contributed by atoms with van der Waals surface area (Å²) in [5.74, 6) is 0. The lowest BCUT2D eigenvalue weighted by atomic mass is 10.0. The summed E-state index contributed by atoms with van der Waals surface area (Å²) in [5, 5.41) is 1.37. The first-order valence-electron chi connectivity index (χ1n) is 9.59. The maximum absolute atomic E-state index is 13.2. The van der Waals surface area contributed by atoms with E-state index in [1.54, 1.807) is 12.1 Å². The number of fused-ring (bicyclic) bond motifs is 4. The molecule has 0 fully saturated rings. The summed E-state index contributed by atoms with van der Waals surface area (Å²) in [7, 11) is -4.43. The predicted octanol–water partition coefficient (Wildman–Crippen LogP) is 3.52. The normalized spacial score (nSPS) is 18.5. The molecule has 0 spiro atoms. The zero-order valence-electron chi connectivity index (χ0n) is 16.7. The number of aromatic nitrogens is 2. The number of rotatable bonds is 1. The highest BCUT2D eigenvalue weighted by atomic mass is 32.2. The van der Waals surface area contributed by atoms with Crippen LogP contribution in [0.3, 0.4) is 0 Å². The summed E-state index contributed by atoms with van der Waals surface area (Å²) < 4.78 is 31.5. The van der Waals surface area contributed by atoms with Gasteiger partial charge in [-0.15, -0.1) is 0 Å². The van der Waals surface area contributed by atoms with E-state index < -0.39 is 14.9 Å². The Morgan fingerprint density at radius 3 is 2.16 bits per heavy atom. The largest absolute Gasteiger partial charge is 0.354 e. The van der Waals surface area contributed by atoms with Crippen LogP contribution in [0, 0.1) is 6.92 Å². The summed E-state index contributed by atoms with van der Waals surface area (Å²) in [6.07, 6.45) is 5.46. The topological polar surface area (TPSA) is 120 Å². The van der Waals surface area contributed by atoms with Crippen LogP contribution >= 0.6 is 0 Å². The molecule has 0 saturated carbocycles. The quantitative estimate of drug-likeness (QED) is 0.313. The van der Waals surface area contributed by atoms with Crippen molar-refractivity contribution in [1.82, 2.24) is 9.97 Å². The Labute approximate surface area is 176 Å². The first-order valence-corrected chi connectivity index (χ1v) is 11.0. The van der Waals surface area contributed by atoms with Crippen molar-refractivity contribution in [3.05, 3.63) is 79.8 Å². The Hall–Kier alpha value is -3.49. The number of aromatic amines is 2. The Morgan fingerprint density at radius 2 is 1.45 bits per heavy atom. The van der Waals surface area contributed by atoms with E-state index in [4.69, 9.17) is 0 Å². The zero-order chi connectivity index (χ0) is 22.1. The maximum Gasteiger partial charge on any atom is 0.277 e. The van der Waals surface area contributed by atoms with Crippen LogP contribution in [0.2, 0.25) is 0 Å². The molecular formula is C23H18N2O5S. The van der Waals surface area contributed by atoms with E-state index in [1.807, 2.05) is 25.1 Å². The van der Waals surface area contributed by atoms with Gasteiger partial charge in [0.2, 0.25) is 0 Å². The highest BCUT2D eigenvalue weighted by Gasteiger charge is 2.34. The minimum Gasteiger partial charge on any atom is -0.354 e. The third-order valence-electron chi connectivity index (χ3n) is 5.86. The highest BCUT2D eigenvalue weighted by Crippen LogP contribution is 2.28. The number of hydrogen-bond donors (Lipinski definition) is 3. The standard InChI is InChI=1S/C23H18N2O5S/c1-12-3-4-17-14(9-12)22(27)16-11-19-15(10-20(16)24-17)21(26)13-5-7-23(2,31(28,29)30)8-6-18(13)25-19/h3-11H,1-2H3,(H,24,27)(H,25,26)(H,28,29,30). The van der Waals surface area contributed by atoms with Gasteiger partial charge in [0.1, 0.15) is 4.75 Å². The molecule has 1 aliphatic carbocycles. The lowest BCUT2D eigenvalue weighted by molar-refractivity contribution is 0.466. The fourth-order valence-corrected chi connectivity index (χ4v) is 4.41. The van der Waals surface area contributed by atoms with Gasteiger partial charge in [-0.1, -0.05) is 29.9 Å². The molecule has 4 aromatic rings. The molecule has 1 atom stereocenters. The van der Waals surface area contributed by atoms with E-state index in [2.05, 4.69) is 9.97 Å². The monoisotopic (exact) mass is 434 g/mol. The number of aryl methyl sites for hydroxylation is 1. The minimum absolute atomic E-state index is 0.139. The van der Waals surface area contributed by atoms with Crippen molar-refractivity contribution in [2.45, 2.75) is 18.6 Å². The van der Waals surface area contributed by atoms with Crippen molar-refractivity contribution in [3.8, 4) is 0 Å². The first-order chi connectivity index (χ1) is 14.6. The van der Waals surface area contributed by atoms with Crippen molar-refractivity contribution in [1.29, 1.82) is 0 Å². The third kappa shape index (κ3) is 2.87. The molecule has 0 radical (unpaired) electrons. The average Bonchev–Trinajstić information content (AvgIpc) is 2.88. The molecule has 156 valence electrons. The first kappa shape index (κ1) is 19.5. The molecule has 8 heteroatoms. The van der Waals surface area contributed by atoms with Gasteiger partial charge in [-0.2, -0.15) is 8.42 Å². The molecule has 0 saturated heterocycles. The van der Waals surface area contributed by atoms with Crippen molar-refractivity contribution in [2.24, 2.45) is 0 Å². The van der Waals surface area contributed by atoms with Crippen molar-refractivity contribution < 1.29 is 13.0 Å². The van der Waals surface area contributed by atoms with Gasteiger partial charge in [0.05, 0.1) is 11.0 Å². The number of pyridine rings is 2. The van der Waals surface area contributed by atoms with Gasteiger partial charge in [-0.05, 0) is 44.2 Å². The Balaban J connectivity index is 1.85. The second-order valence-electron chi connectivity index (χ2n) is 8.05. The van der Waals surface area contributed by atoms with Crippen LogP contribution < -0.4 is 10.9 Å². The minimum atomic E-state index is -4.43. The van der Waals surface area contributed by atoms with Crippen LogP contribution in [-0.2, 0) is 10.1 Å². The summed E-state index contributed by atoms with van der Waals surface area (Å²) in [6.45, 7) is 3.25. The van der Waals surface area contributed by atoms with E-state index in [9.17, 15) is 22.6 Å². The molecule has 0 bridgehead atoms. The third-order valence-corrected chi connectivity index (χ3v) is 7.24. The van der Waals surface area contributed by atoms with Gasteiger partial charge in [0.15, 0.2) is 10.9 Å². The molecule has 1 aliphatic rings. The van der Waals surface area contributed by atoms with E-state index >= 15 is 0 Å². The Bertz CT molecular complexity index is 1730. The van der Waals surface area contributed by atoms with Gasteiger partial charge < -0.3 is 9.97 Å². The number of benzene rings is 2.